The highest BCUT2D eigenvalue weighted by Crippen LogP contribution is 2.19. The number of carbonyl (C=O) groups excluding carboxylic acids is 1. The van der Waals surface area contributed by atoms with Crippen molar-refractivity contribution in [3.63, 3.8) is 0 Å². The molecule has 0 saturated carbocycles. The van der Waals surface area contributed by atoms with Crippen LogP contribution in [-0.4, -0.2) is 22.7 Å². The van der Waals surface area contributed by atoms with E-state index in [1.165, 1.54) is 0 Å². The van der Waals surface area contributed by atoms with Gasteiger partial charge >= 0.3 is 5.97 Å². The van der Waals surface area contributed by atoms with E-state index < -0.39 is 24.0 Å². The lowest BCUT2D eigenvalue weighted by Gasteiger charge is -2.20. The first-order valence-corrected chi connectivity index (χ1v) is 6.81. The fraction of sp³-hybridized carbons (Fsp3) is 0.176. The number of nitrogens with one attached hydrogen (secondary N) is 1. The van der Waals surface area contributed by atoms with Crippen molar-refractivity contribution < 1.29 is 19.1 Å². The van der Waals surface area contributed by atoms with Gasteiger partial charge < -0.3 is 10.4 Å². The van der Waals surface area contributed by atoms with E-state index >= 15 is 0 Å². The average Bonchev–Trinajstić information content (AvgIpc) is 2.54. The summed E-state index contributed by atoms with van der Waals surface area (Å²) in [6.45, 7) is 0.0768. The third-order valence-corrected chi connectivity index (χ3v) is 3.29. The number of benzene rings is 2. The zero-order valence-corrected chi connectivity index (χ0v) is 11.8. The van der Waals surface area contributed by atoms with E-state index in [4.69, 9.17) is 5.11 Å². The van der Waals surface area contributed by atoms with Crippen molar-refractivity contribution in [2.45, 2.75) is 18.6 Å². The highest BCUT2D eigenvalue weighted by molar-refractivity contribution is 6.05. The molecule has 0 fully saturated rings. The van der Waals surface area contributed by atoms with Crippen LogP contribution in [0.15, 0.2) is 60.7 Å². The molecule has 0 aliphatic carbocycles. The topological polar surface area (TPSA) is 66.4 Å². The maximum absolute atomic E-state index is 14.7. The molecule has 22 heavy (non-hydrogen) atoms. The van der Waals surface area contributed by atoms with Crippen LogP contribution in [0.4, 0.5) is 4.39 Å². The van der Waals surface area contributed by atoms with Crippen molar-refractivity contribution in [1.82, 2.24) is 5.32 Å². The van der Waals surface area contributed by atoms with Gasteiger partial charge in [0.2, 0.25) is 0 Å². The van der Waals surface area contributed by atoms with E-state index in [2.05, 4.69) is 5.32 Å². The Bertz CT molecular complexity index is 645. The van der Waals surface area contributed by atoms with Crippen LogP contribution in [0.1, 0.15) is 11.1 Å². The molecule has 0 aliphatic rings. The number of amides is 1. The first-order chi connectivity index (χ1) is 10.5. The monoisotopic (exact) mass is 301 g/mol. The summed E-state index contributed by atoms with van der Waals surface area (Å²) in [6.07, 6.45) is -0.510. The zero-order valence-electron chi connectivity index (χ0n) is 11.8. The molecule has 1 amide bonds. The highest BCUT2D eigenvalue weighted by atomic mass is 19.1. The van der Waals surface area contributed by atoms with Gasteiger partial charge in [0.1, 0.15) is 0 Å². The largest absolute Gasteiger partial charge is 0.478 e. The van der Waals surface area contributed by atoms with E-state index in [0.717, 1.165) is 5.56 Å². The zero-order chi connectivity index (χ0) is 16.0. The summed E-state index contributed by atoms with van der Waals surface area (Å²) in [5.74, 6) is -2.94. The number of alkyl halides is 1. The number of hydrogen-bond donors (Lipinski definition) is 2. The Hall–Kier alpha value is -2.69. The van der Waals surface area contributed by atoms with Crippen molar-refractivity contribution in [2.75, 3.05) is 0 Å². The number of carboxylic acids is 1. The third kappa shape index (κ3) is 3.69. The summed E-state index contributed by atoms with van der Waals surface area (Å²) in [7, 11) is 0. The van der Waals surface area contributed by atoms with E-state index in [9.17, 15) is 14.0 Å². The van der Waals surface area contributed by atoms with Gasteiger partial charge in [-0.15, -0.1) is 0 Å². The minimum Gasteiger partial charge on any atom is -0.478 e. The Morgan fingerprint density at radius 2 is 1.45 bits per heavy atom. The predicted molar refractivity (Wildman–Crippen MR) is 79.9 cm³/mol. The molecule has 2 rings (SSSR count). The number of carbonyl (C=O) groups is 2. The van der Waals surface area contributed by atoms with Gasteiger partial charge in [0.15, 0.2) is 0 Å². The average molecular weight is 301 g/mol. The normalized spacial score (nSPS) is 13.1. The standard InChI is InChI=1S/C17H16FNO3/c18-17(16(21)22,11-13-7-3-1-4-8-13)15(20)19-12-14-9-5-2-6-10-14/h1-10H,11-12H2,(H,19,20)(H,21,22)/t17-/m1/s1. The van der Waals surface area contributed by atoms with Gasteiger partial charge in [-0.2, -0.15) is 0 Å². The summed E-state index contributed by atoms with van der Waals surface area (Å²) in [4.78, 5) is 23.3. The lowest BCUT2D eigenvalue weighted by Crippen LogP contribution is -2.50. The van der Waals surface area contributed by atoms with Gasteiger partial charge in [0.25, 0.3) is 11.6 Å². The smallest absolute Gasteiger partial charge is 0.351 e. The molecule has 114 valence electrons. The molecule has 0 aromatic heterocycles. The van der Waals surface area contributed by atoms with Crippen LogP contribution in [-0.2, 0) is 22.6 Å². The molecule has 2 aromatic rings. The van der Waals surface area contributed by atoms with Gasteiger partial charge in [-0.3, -0.25) is 4.79 Å². The van der Waals surface area contributed by atoms with Gasteiger partial charge in [0, 0.05) is 13.0 Å². The first-order valence-electron chi connectivity index (χ1n) is 6.81. The van der Waals surface area contributed by atoms with Crippen LogP contribution in [0.2, 0.25) is 0 Å². The summed E-state index contributed by atoms with van der Waals surface area (Å²) in [6, 6.07) is 17.1. The maximum atomic E-state index is 14.7. The molecule has 2 aromatic carbocycles. The molecular formula is C17H16FNO3. The summed E-state index contributed by atoms with van der Waals surface area (Å²) in [5.41, 5.74) is -1.78. The van der Waals surface area contributed by atoms with Crippen molar-refractivity contribution in [1.29, 1.82) is 0 Å². The van der Waals surface area contributed by atoms with Crippen LogP contribution in [0.5, 0.6) is 0 Å². The van der Waals surface area contributed by atoms with Gasteiger partial charge in [0.05, 0.1) is 0 Å². The Balaban J connectivity index is 2.09. The summed E-state index contributed by atoms with van der Waals surface area (Å²) < 4.78 is 14.7. The number of carboxylic acid groups (broad SMARTS) is 1. The summed E-state index contributed by atoms with van der Waals surface area (Å²) >= 11 is 0. The van der Waals surface area contributed by atoms with E-state index in [-0.39, 0.29) is 6.54 Å². The second-order valence-corrected chi connectivity index (χ2v) is 4.94. The van der Waals surface area contributed by atoms with Crippen molar-refractivity contribution in [2.24, 2.45) is 0 Å². The van der Waals surface area contributed by atoms with Crippen molar-refractivity contribution in [3.05, 3.63) is 71.8 Å². The van der Waals surface area contributed by atoms with Crippen LogP contribution < -0.4 is 5.32 Å². The lowest BCUT2D eigenvalue weighted by molar-refractivity contribution is -0.158. The van der Waals surface area contributed by atoms with Crippen LogP contribution in [0.25, 0.3) is 0 Å². The Morgan fingerprint density at radius 3 is 1.95 bits per heavy atom. The Labute approximate surface area is 127 Å². The minimum atomic E-state index is -2.99. The quantitative estimate of drug-likeness (QED) is 0.805. The second kappa shape index (κ2) is 6.85. The molecule has 0 bridgehead atoms. The molecule has 5 heteroatoms. The molecule has 2 N–H and O–H groups in total. The number of rotatable bonds is 6. The van der Waals surface area contributed by atoms with Crippen molar-refractivity contribution in [3.8, 4) is 0 Å². The van der Waals surface area contributed by atoms with Crippen LogP contribution >= 0.6 is 0 Å². The van der Waals surface area contributed by atoms with Crippen LogP contribution in [0, 0.1) is 0 Å². The van der Waals surface area contributed by atoms with Gasteiger partial charge in [-0.25, -0.2) is 9.18 Å². The van der Waals surface area contributed by atoms with E-state index in [1.54, 1.807) is 54.6 Å². The Kier molecular flexibility index (Phi) is 4.88. The molecule has 0 spiro atoms. The number of halogens is 1. The van der Waals surface area contributed by atoms with Crippen LogP contribution in [0.3, 0.4) is 0 Å². The van der Waals surface area contributed by atoms with Gasteiger partial charge in [-0.1, -0.05) is 60.7 Å². The van der Waals surface area contributed by atoms with E-state index in [1.807, 2.05) is 6.07 Å². The predicted octanol–water partition coefficient (Wildman–Crippen LogP) is 2.34. The minimum absolute atomic E-state index is 0.0768. The molecule has 0 aliphatic heterocycles. The second-order valence-electron chi connectivity index (χ2n) is 4.94. The number of hydrogen-bond acceptors (Lipinski definition) is 2. The molecule has 0 radical (unpaired) electrons. The maximum Gasteiger partial charge on any atom is 0.351 e. The molecule has 0 saturated heterocycles. The fourth-order valence-corrected chi connectivity index (χ4v) is 2.05. The lowest BCUT2D eigenvalue weighted by atomic mass is 9.95. The number of aliphatic carboxylic acids is 1. The molecule has 0 unspecified atom stereocenters. The summed E-state index contributed by atoms with van der Waals surface area (Å²) in [5, 5.41) is 11.5. The molecular weight excluding hydrogens is 285 g/mol. The molecule has 0 heterocycles. The molecule has 4 nitrogen and oxygen atoms in total. The SMILES string of the molecule is O=C(O)[C@@](F)(Cc1ccccc1)C(=O)NCc1ccccc1. The van der Waals surface area contributed by atoms with Crippen molar-refractivity contribution >= 4 is 11.9 Å². The highest BCUT2D eigenvalue weighted by Gasteiger charge is 2.46. The van der Waals surface area contributed by atoms with Gasteiger partial charge in [-0.05, 0) is 11.1 Å². The fourth-order valence-electron chi connectivity index (χ4n) is 2.05. The third-order valence-electron chi connectivity index (χ3n) is 3.29. The Morgan fingerprint density at radius 1 is 0.955 bits per heavy atom. The van der Waals surface area contributed by atoms with E-state index in [0.29, 0.717) is 5.56 Å². The first kappa shape index (κ1) is 15.7. The molecule has 1 atom stereocenters.